The maximum atomic E-state index is 13.0. The van der Waals surface area contributed by atoms with Crippen LogP contribution in [-0.4, -0.2) is 26.2 Å². The summed E-state index contributed by atoms with van der Waals surface area (Å²) in [5.74, 6) is -2.32. The van der Waals surface area contributed by atoms with Crippen LogP contribution in [0.25, 0.3) is 0 Å². The summed E-state index contributed by atoms with van der Waals surface area (Å²) in [6.45, 7) is 2.16. The van der Waals surface area contributed by atoms with Crippen LogP contribution in [0, 0.1) is 11.3 Å². The molecular weight excluding hydrogens is 430 g/mol. The quantitative estimate of drug-likeness (QED) is 0.463. The van der Waals surface area contributed by atoms with Crippen molar-refractivity contribution in [1.82, 2.24) is 0 Å². The second-order valence-electron chi connectivity index (χ2n) is 7.96. The number of nitrogens with two attached hydrogens (primary N) is 1. The Labute approximate surface area is 200 Å². The van der Waals surface area contributed by atoms with E-state index in [2.05, 4.69) is 13.0 Å². The maximum absolute atomic E-state index is 13.0. The standard InChI is InChI=1S/C27H29N3O4/c1-4-5-7-10-18-13-15-20(16-14-18)30-24(27(32)34-3)23(26(31)33-2)22(21(17-28)25(30)29)19-11-8-6-9-12-19/h6,8-9,11-16,22H,4-5,7,10,29H2,1-3H3. The van der Waals surface area contributed by atoms with Gasteiger partial charge in [0.2, 0.25) is 0 Å². The van der Waals surface area contributed by atoms with Gasteiger partial charge in [-0.3, -0.25) is 4.90 Å². The molecule has 34 heavy (non-hydrogen) atoms. The summed E-state index contributed by atoms with van der Waals surface area (Å²) in [6.07, 6.45) is 4.30. The first-order valence-electron chi connectivity index (χ1n) is 11.2. The van der Waals surface area contributed by atoms with Crippen LogP contribution in [0.4, 0.5) is 5.69 Å². The van der Waals surface area contributed by atoms with Crippen molar-refractivity contribution in [3.05, 3.63) is 88.4 Å². The first-order chi connectivity index (χ1) is 16.5. The van der Waals surface area contributed by atoms with Crippen LogP contribution < -0.4 is 10.6 Å². The number of ether oxygens (including phenoxy) is 2. The number of benzene rings is 2. The predicted molar refractivity (Wildman–Crippen MR) is 129 cm³/mol. The summed E-state index contributed by atoms with van der Waals surface area (Å²) < 4.78 is 10.1. The zero-order valence-corrected chi connectivity index (χ0v) is 19.7. The molecule has 1 unspecified atom stereocenters. The maximum Gasteiger partial charge on any atom is 0.355 e. The Balaban J connectivity index is 2.22. The monoisotopic (exact) mass is 459 g/mol. The van der Waals surface area contributed by atoms with Gasteiger partial charge < -0.3 is 15.2 Å². The van der Waals surface area contributed by atoms with Crippen molar-refractivity contribution in [2.45, 2.75) is 38.5 Å². The number of carbonyl (C=O) groups excluding carboxylic acids is 2. The summed E-state index contributed by atoms with van der Waals surface area (Å²) in [5.41, 5.74) is 8.90. The number of nitriles is 1. The number of rotatable bonds is 8. The molecule has 0 aliphatic carbocycles. The van der Waals surface area contributed by atoms with E-state index in [1.165, 1.54) is 19.1 Å². The average molecular weight is 460 g/mol. The van der Waals surface area contributed by atoms with Gasteiger partial charge in [-0.2, -0.15) is 5.26 Å². The van der Waals surface area contributed by atoms with Crippen LogP contribution in [0.3, 0.4) is 0 Å². The minimum absolute atomic E-state index is 0.00155. The molecule has 2 aromatic carbocycles. The lowest BCUT2D eigenvalue weighted by Crippen LogP contribution is -2.40. The fourth-order valence-corrected chi connectivity index (χ4v) is 4.17. The first-order valence-corrected chi connectivity index (χ1v) is 11.2. The Morgan fingerprint density at radius 2 is 1.65 bits per heavy atom. The van der Waals surface area contributed by atoms with E-state index in [0.717, 1.165) is 31.2 Å². The normalized spacial score (nSPS) is 15.7. The molecule has 0 amide bonds. The highest BCUT2D eigenvalue weighted by atomic mass is 16.5. The highest BCUT2D eigenvalue weighted by Crippen LogP contribution is 2.43. The number of aryl methyl sites for hydroxylation is 1. The van der Waals surface area contributed by atoms with Crippen molar-refractivity contribution >= 4 is 17.6 Å². The molecule has 1 aliphatic rings. The number of unbranched alkanes of at least 4 members (excludes halogenated alkanes) is 2. The van der Waals surface area contributed by atoms with E-state index < -0.39 is 17.9 Å². The van der Waals surface area contributed by atoms with Gasteiger partial charge in [-0.05, 0) is 36.1 Å². The lowest BCUT2D eigenvalue weighted by molar-refractivity contribution is -0.139. The Morgan fingerprint density at radius 3 is 2.21 bits per heavy atom. The van der Waals surface area contributed by atoms with Gasteiger partial charge in [-0.1, -0.05) is 62.2 Å². The number of anilines is 1. The third kappa shape index (κ3) is 4.81. The lowest BCUT2D eigenvalue weighted by Gasteiger charge is -2.35. The summed E-state index contributed by atoms with van der Waals surface area (Å²) in [5, 5.41) is 10.1. The Kier molecular flexibility index (Phi) is 8.10. The molecular formula is C27H29N3O4. The van der Waals surface area contributed by atoms with Gasteiger partial charge in [0, 0.05) is 5.69 Å². The third-order valence-corrected chi connectivity index (χ3v) is 5.87. The van der Waals surface area contributed by atoms with E-state index in [-0.39, 0.29) is 22.7 Å². The first kappa shape index (κ1) is 24.6. The Morgan fingerprint density at radius 1 is 1.00 bits per heavy atom. The molecule has 2 aromatic rings. The van der Waals surface area contributed by atoms with Gasteiger partial charge >= 0.3 is 11.9 Å². The Bertz CT molecular complexity index is 1140. The minimum atomic E-state index is -0.877. The molecule has 7 heteroatoms. The second-order valence-corrected chi connectivity index (χ2v) is 7.96. The summed E-state index contributed by atoms with van der Waals surface area (Å²) in [4.78, 5) is 27.5. The SMILES string of the molecule is CCCCCc1ccc(N2C(N)=C(C#N)C(c3ccccc3)C(C(=O)OC)=C2C(=O)OC)cc1. The van der Waals surface area contributed by atoms with Gasteiger partial charge in [0.05, 0.1) is 37.4 Å². The number of hydrogen-bond acceptors (Lipinski definition) is 7. The van der Waals surface area contributed by atoms with Gasteiger partial charge in [0.25, 0.3) is 0 Å². The van der Waals surface area contributed by atoms with Crippen LogP contribution in [0.5, 0.6) is 0 Å². The van der Waals surface area contributed by atoms with E-state index in [1.807, 2.05) is 30.3 Å². The van der Waals surface area contributed by atoms with E-state index in [9.17, 15) is 14.9 Å². The second kappa shape index (κ2) is 11.2. The van der Waals surface area contributed by atoms with E-state index in [0.29, 0.717) is 11.3 Å². The Hall–Kier alpha value is -4.05. The molecule has 3 rings (SSSR count). The molecule has 7 nitrogen and oxygen atoms in total. The van der Waals surface area contributed by atoms with Crippen LogP contribution in [-0.2, 0) is 25.5 Å². The van der Waals surface area contributed by atoms with E-state index in [1.54, 1.807) is 24.3 Å². The molecule has 0 radical (unpaired) electrons. The number of hydrogen-bond donors (Lipinski definition) is 1. The van der Waals surface area contributed by atoms with Crippen molar-refractivity contribution in [1.29, 1.82) is 5.26 Å². The van der Waals surface area contributed by atoms with Crippen molar-refractivity contribution in [2.75, 3.05) is 19.1 Å². The summed E-state index contributed by atoms with van der Waals surface area (Å²) in [6, 6.07) is 18.7. The highest BCUT2D eigenvalue weighted by molar-refractivity contribution is 6.06. The summed E-state index contributed by atoms with van der Waals surface area (Å²) >= 11 is 0. The molecule has 0 saturated heterocycles. The molecule has 0 spiro atoms. The topological polar surface area (TPSA) is 106 Å². The van der Waals surface area contributed by atoms with Crippen molar-refractivity contribution < 1.29 is 19.1 Å². The highest BCUT2D eigenvalue weighted by Gasteiger charge is 2.42. The molecule has 0 saturated carbocycles. The lowest BCUT2D eigenvalue weighted by atomic mass is 9.81. The molecule has 176 valence electrons. The average Bonchev–Trinajstić information content (AvgIpc) is 2.88. The van der Waals surface area contributed by atoms with Gasteiger partial charge in [0.1, 0.15) is 11.5 Å². The van der Waals surface area contributed by atoms with Crippen LogP contribution >= 0.6 is 0 Å². The van der Waals surface area contributed by atoms with Crippen molar-refractivity contribution in [3.63, 3.8) is 0 Å². The molecule has 0 bridgehead atoms. The third-order valence-electron chi connectivity index (χ3n) is 5.87. The smallest absolute Gasteiger partial charge is 0.355 e. The molecule has 2 N–H and O–H groups in total. The number of allylic oxidation sites excluding steroid dienone is 1. The summed E-state index contributed by atoms with van der Waals surface area (Å²) in [7, 11) is 2.46. The van der Waals surface area contributed by atoms with Crippen LogP contribution in [0.15, 0.2) is 77.3 Å². The van der Waals surface area contributed by atoms with Crippen molar-refractivity contribution in [2.24, 2.45) is 5.73 Å². The number of esters is 2. The fourth-order valence-electron chi connectivity index (χ4n) is 4.17. The molecule has 0 fully saturated rings. The zero-order chi connectivity index (χ0) is 24.7. The van der Waals surface area contributed by atoms with Crippen molar-refractivity contribution in [3.8, 4) is 6.07 Å². The molecule has 1 atom stereocenters. The number of nitrogens with zero attached hydrogens (tertiary/aromatic N) is 2. The van der Waals surface area contributed by atoms with Gasteiger partial charge in [-0.25, -0.2) is 9.59 Å². The number of carbonyl (C=O) groups is 2. The zero-order valence-electron chi connectivity index (χ0n) is 19.7. The van der Waals surface area contributed by atoms with Crippen LogP contribution in [0.2, 0.25) is 0 Å². The van der Waals surface area contributed by atoms with E-state index in [4.69, 9.17) is 15.2 Å². The van der Waals surface area contributed by atoms with Crippen LogP contribution in [0.1, 0.15) is 43.2 Å². The molecule has 0 aromatic heterocycles. The largest absolute Gasteiger partial charge is 0.466 e. The van der Waals surface area contributed by atoms with E-state index >= 15 is 0 Å². The van der Waals surface area contributed by atoms with Gasteiger partial charge in [-0.15, -0.1) is 0 Å². The molecule has 1 aliphatic heterocycles. The van der Waals surface area contributed by atoms with Gasteiger partial charge in [0.15, 0.2) is 0 Å². The predicted octanol–water partition coefficient (Wildman–Crippen LogP) is 4.32. The fraction of sp³-hybridized carbons (Fsp3) is 0.296. The molecule has 1 heterocycles. The number of methoxy groups -OCH3 is 2. The minimum Gasteiger partial charge on any atom is -0.466 e.